The zero-order valence-electron chi connectivity index (χ0n) is 16.3. The van der Waals surface area contributed by atoms with E-state index in [9.17, 15) is 20.2 Å². The lowest BCUT2D eigenvalue weighted by atomic mass is 10.1. The summed E-state index contributed by atoms with van der Waals surface area (Å²) in [5, 5.41) is 24.2. The molecular weight excluding hydrogens is 434 g/mol. The Morgan fingerprint density at radius 1 is 1.13 bits per heavy atom. The lowest BCUT2D eigenvalue weighted by Gasteiger charge is -2.06. The number of nitrogens with zero attached hydrogens (tertiary/aromatic N) is 2. The summed E-state index contributed by atoms with van der Waals surface area (Å²) in [6.07, 6.45) is 1.33. The second kappa shape index (κ2) is 9.94. The first-order valence-corrected chi connectivity index (χ1v) is 10.3. The highest BCUT2D eigenvalue weighted by Gasteiger charge is 2.17. The topological polar surface area (TPSA) is 96.0 Å². The van der Waals surface area contributed by atoms with Crippen molar-refractivity contribution < 1.29 is 9.72 Å². The van der Waals surface area contributed by atoms with Crippen LogP contribution >= 0.6 is 23.4 Å². The van der Waals surface area contributed by atoms with Crippen LogP contribution in [0.3, 0.4) is 0 Å². The van der Waals surface area contributed by atoms with Gasteiger partial charge in [-0.2, -0.15) is 5.26 Å². The molecule has 0 fully saturated rings. The van der Waals surface area contributed by atoms with Crippen molar-refractivity contribution in [2.75, 3.05) is 5.32 Å². The van der Waals surface area contributed by atoms with E-state index in [4.69, 9.17) is 11.6 Å². The Labute approximate surface area is 188 Å². The average molecular weight is 450 g/mol. The maximum absolute atomic E-state index is 12.4. The number of nitro groups is 1. The molecule has 0 bridgehead atoms. The van der Waals surface area contributed by atoms with Gasteiger partial charge in [-0.15, -0.1) is 0 Å². The first kappa shape index (κ1) is 22.1. The highest BCUT2D eigenvalue weighted by atomic mass is 35.5. The quantitative estimate of drug-likeness (QED) is 0.207. The number of halogens is 1. The Balaban J connectivity index is 1.85. The smallest absolute Gasteiger partial charge is 0.283 e. The van der Waals surface area contributed by atoms with Gasteiger partial charge in [0.15, 0.2) is 0 Å². The fourth-order valence-electron chi connectivity index (χ4n) is 2.63. The molecule has 0 aliphatic carbocycles. The molecule has 0 aromatic heterocycles. The summed E-state index contributed by atoms with van der Waals surface area (Å²) in [5.74, 6) is -0.589. The maximum Gasteiger partial charge on any atom is 0.283 e. The number of aryl methyl sites for hydroxylation is 1. The molecule has 0 radical (unpaired) electrons. The number of nitro benzene ring substituents is 1. The predicted octanol–water partition coefficient (Wildman–Crippen LogP) is 6.25. The van der Waals surface area contributed by atoms with E-state index in [2.05, 4.69) is 5.32 Å². The van der Waals surface area contributed by atoms with Crippen molar-refractivity contribution in [2.24, 2.45) is 0 Å². The normalized spacial score (nSPS) is 10.9. The van der Waals surface area contributed by atoms with Crippen LogP contribution in [-0.4, -0.2) is 10.8 Å². The van der Waals surface area contributed by atoms with Gasteiger partial charge in [-0.25, -0.2) is 0 Å². The summed E-state index contributed by atoms with van der Waals surface area (Å²) >= 11 is 7.11. The van der Waals surface area contributed by atoms with Crippen LogP contribution in [0.5, 0.6) is 0 Å². The Bertz CT molecular complexity index is 1200. The molecule has 1 N–H and O–H groups in total. The number of anilines is 1. The minimum Gasteiger partial charge on any atom is -0.321 e. The van der Waals surface area contributed by atoms with Crippen LogP contribution in [0.25, 0.3) is 6.08 Å². The first-order chi connectivity index (χ1) is 14.9. The molecule has 154 valence electrons. The van der Waals surface area contributed by atoms with Gasteiger partial charge in [0.1, 0.15) is 11.6 Å². The largest absolute Gasteiger partial charge is 0.321 e. The molecule has 0 atom stereocenters. The molecule has 3 rings (SSSR count). The minimum atomic E-state index is -0.589. The third-order valence-corrected chi connectivity index (χ3v) is 5.53. The van der Waals surface area contributed by atoms with Crippen LogP contribution in [0.1, 0.15) is 11.1 Å². The molecule has 0 spiro atoms. The molecule has 0 saturated heterocycles. The monoisotopic (exact) mass is 449 g/mol. The van der Waals surface area contributed by atoms with E-state index in [1.54, 1.807) is 48.5 Å². The van der Waals surface area contributed by atoms with Crippen LogP contribution in [-0.2, 0) is 4.79 Å². The summed E-state index contributed by atoms with van der Waals surface area (Å²) in [6, 6.07) is 20.5. The number of hydrogen-bond acceptors (Lipinski definition) is 5. The summed E-state index contributed by atoms with van der Waals surface area (Å²) < 4.78 is 0. The van der Waals surface area contributed by atoms with E-state index in [1.165, 1.54) is 23.9 Å². The molecule has 0 saturated carbocycles. The molecule has 0 aliphatic rings. The van der Waals surface area contributed by atoms with Crippen molar-refractivity contribution in [1.29, 1.82) is 5.26 Å². The van der Waals surface area contributed by atoms with Crippen molar-refractivity contribution in [3.8, 4) is 6.07 Å². The third kappa shape index (κ3) is 5.95. The Kier molecular flexibility index (Phi) is 7.08. The summed E-state index contributed by atoms with van der Waals surface area (Å²) in [6.45, 7) is 1.92. The van der Waals surface area contributed by atoms with Gasteiger partial charge in [-0.3, -0.25) is 14.9 Å². The highest BCUT2D eigenvalue weighted by molar-refractivity contribution is 7.99. The predicted molar refractivity (Wildman–Crippen MR) is 122 cm³/mol. The number of carbonyl (C=O) groups is 1. The van der Waals surface area contributed by atoms with Crippen LogP contribution in [0, 0.1) is 28.4 Å². The second-order valence-electron chi connectivity index (χ2n) is 6.53. The minimum absolute atomic E-state index is 0.120. The van der Waals surface area contributed by atoms with Crippen molar-refractivity contribution in [3.63, 3.8) is 0 Å². The fraction of sp³-hybridized carbons (Fsp3) is 0.0435. The molecule has 0 heterocycles. The number of rotatable bonds is 6. The van der Waals surface area contributed by atoms with E-state index in [-0.39, 0.29) is 11.3 Å². The average Bonchev–Trinajstić information content (AvgIpc) is 2.75. The molecule has 1 amide bonds. The van der Waals surface area contributed by atoms with Crippen molar-refractivity contribution in [2.45, 2.75) is 16.7 Å². The van der Waals surface area contributed by atoms with Gasteiger partial charge in [0.25, 0.3) is 11.6 Å². The SMILES string of the molecule is Cc1ccc(NC(=O)C(C#N)=Cc2ccc(Sc3ccc(Cl)cc3)c([N+](=O)[O-])c2)cc1. The number of amides is 1. The summed E-state index contributed by atoms with van der Waals surface area (Å²) in [4.78, 5) is 24.8. The Morgan fingerprint density at radius 3 is 2.42 bits per heavy atom. The van der Waals surface area contributed by atoms with Gasteiger partial charge in [-0.05, 0) is 61.0 Å². The number of nitrogens with one attached hydrogen (secondary N) is 1. The van der Waals surface area contributed by atoms with E-state index >= 15 is 0 Å². The molecule has 31 heavy (non-hydrogen) atoms. The van der Waals surface area contributed by atoms with E-state index < -0.39 is 10.8 Å². The zero-order chi connectivity index (χ0) is 22.4. The molecular formula is C23H16ClN3O3S. The van der Waals surface area contributed by atoms with Crippen LogP contribution in [0.4, 0.5) is 11.4 Å². The molecule has 0 unspecified atom stereocenters. The standard InChI is InChI=1S/C23H16ClN3O3S/c1-15-2-7-19(8-3-15)26-23(28)17(14-25)12-16-4-11-22(21(13-16)27(29)30)31-20-9-5-18(24)6-10-20/h2-13H,1H3,(H,26,28). The van der Waals surface area contributed by atoms with Gasteiger partial charge < -0.3 is 5.32 Å². The third-order valence-electron chi connectivity index (χ3n) is 4.21. The number of benzene rings is 3. The van der Waals surface area contributed by atoms with Crippen LogP contribution in [0.2, 0.25) is 5.02 Å². The summed E-state index contributed by atoms with van der Waals surface area (Å²) in [5.41, 5.74) is 1.69. The number of hydrogen-bond donors (Lipinski definition) is 1. The number of nitriles is 1. The van der Waals surface area contributed by atoms with E-state index in [0.717, 1.165) is 10.5 Å². The molecule has 8 heteroatoms. The van der Waals surface area contributed by atoms with Crippen molar-refractivity contribution in [1.82, 2.24) is 0 Å². The summed E-state index contributed by atoms with van der Waals surface area (Å²) in [7, 11) is 0. The van der Waals surface area contributed by atoms with Gasteiger partial charge in [0.2, 0.25) is 0 Å². The first-order valence-electron chi connectivity index (χ1n) is 9.07. The lowest BCUT2D eigenvalue weighted by molar-refractivity contribution is -0.387. The highest BCUT2D eigenvalue weighted by Crippen LogP contribution is 2.36. The van der Waals surface area contributed by atoms with E-state index in [1.807, 2.05) is 25.1 Å². The van der Waals surface area contributed by atoms with Crippen molar-refractivity contribution in [3.05, 3.63) is 98.6 Å². The van der Waals surface area contributed by atoms with Crippen molar-refractivity contribution >= 4 is 46.7 Å². The van der Waals surface area contributed by atoms with Crippen LogP contribution < -0.4 is 5.32 Å². The molecule has 3 aromatic carbocycles. The van der Waals surface area contributed by atoms with Gasteiger partial charge in [0, 0.05) is 21.7 Å². The van der Waals surface area contributed by atoms with Gasteiger partial charge in [0.05, 0.1) is 9.82 Å². The lowest BCUT2D eigenvalue weighted by Crippen LogP contribution is -2.13. The molecule has 3 aromatic rings. The van der Waals surface area contributed by atoms with Gasteiger partial charge >= 0.3 is 0 Å². The van der Waals surface area contributed by atoms with Crippen LogP contribution in [0.15, 0.2) is 82.1 Å². The Hall–Kier alpha value is -3.60. The Morgan fingerprint density at radius 2 is 1.81 bits per heavy atom. The molecule has 6 nitrogen and oxygen atoms in total. The zero-order valence-corrected chi connectivity index (χ0v) is 17.9. The fourth-order valence-corrected chi connectivity index (χ4v) is 3.66. The second-order valence-corrected chi connectivity index (χ2v) is 8.08. The van der Waals surface area contributed by atoms with Gasteiger partial charge in [-0.1, -0.05) is 47.1 Å². The molecule has 0 aliphatic heterocycles. The van der Waals surface area contributed by atoms with E-state index in [0.29, 0.717) is 21.2 Å². The maximum atomic E-state index is 12.4. The number of carbonyl (C=O) groups excluding carboxylic acids is 1.